The number of methoxy groups -OCH3 is 2. The first-order valence-corrected chi connectivity index (χ1v) is 14.1. The first kappa shape index (κ1) is 28.2. The summed E-state index contributed by atoms with van der Waals surface area (Å²) in [6.45, 7) is 1.17. The summed E-state index contributed by atoms with van der Waals surface area (Å²) < 4.78 is 39.0. The highest BCUT2D eigenvalue weighted by molar-refractivity contribution is 7.87. The molecule has 1 aliphatic rings. The number of amides is 2. The Bertz CT molecular complexity index is 1500. The Kier molecular flexibility index (Phi) is 8.61. The van der Waals surface area contributed by atoms with E-state index in [0.29, 0.717) is 41.1 Å². The number of fused-ring (bicyclic) bond motifs is 1. The Morgan fingerprint density at radius 3 is 2.26 bits per heavy atom. The number of carbonyl (C=O) groups excluding carboxylic acids is 2. The van der Waals surface area contributed by atoms with Gasteiger partial charge in [0.15, 0.2) is 11.5 Å². The van der Waals surface area contributed by atoms with Gasteiger partial charge in [-0.05, 0) is 43.2 Å². The monoisotopic (exact) mass is 554 g/mol. The third kappa shape index (κ3) is 5.94. The van der Waals surface area contributed by atoms with Gasteiger partial charge in [-0.15, -0.1) is 0 Å². The van der Waals surface area contributed by atoms with Crippen molar-refractivity contribution < 1.29 is 27.5 Å². The Balaban J connectivity index is 1.80. The van der Waals surface area contributed by atoms with Crippen LogP contribution >= 0.6 is 0 Å². The van der Waals surface area contributed by atoms with Gasteiger partial charge in [0.1, 0.15) is 5.70 Å². The van der Waals surface area contributed by atoms with Crippen LogP contribution in [0.1, 0.15) is 41.6 Å². The van der Waals surface area contributed by atoms with E-state index in [9.17, 15) is 18.0 Å². The Morgan fingerprint density at radius 2 is 1.62 bits per heavy atom. The fourth-order valence-corrected chi connectivity index (χ4v) is 5.59. The van der Waals surface area contributed by atoms with Crippen molar-refractivity contribution in [1.82, 2.24) is 18.5 Å². The van der Waals surface area contributed by atoms with Crippen molar-refractivity contribution in [3.8, 4) is 11.5 Å². The van der Waals surface area contributed by atoms with Gasteiger partial charge in [0.2, 0.25) is 0 Å². The van der Waals surface area contributed by atoms with Crippen LogP contribution in [0.3, 0.4) is 0 Å². The maximum absolute atomic E-state index is 13.8. The number of hydrogen-bond acceptors (Lipinski definition) is 6. The van der Waals surface area contributed by atoms with Crippen molar-refractivity contribution >= 4 is 39.0 Å². The van der Waals surface area contributed by atoms with Crippen molar-refractivity contribution in [2.45, 2.75) is 25.7 Å². The van der Waals surface area contributed by atoms with Gasteiger partial charge in [-0.3, -0.25) is 9.59 Å². The van der Waals surface area contributed by atoms with Crippen LogP contribution in [0, 0.1) is 0 Å². The lowest BCUT2D eigenvalue weighted by Crippen LogP contribution is -2.39. The number of likely N-dealkylation sites (tertiary alicyclic amines) is 1. The standard InChI is InChI=1S/C28H34N4O6S/c1-30(2)39(35,36)32-19-21(22-11-7-8-12-24(22)32)17-23(28(34)31-15-9-5-6-10-16-31)29-27(33)20-13-14-25(37-3)26(18-20)38-4/h7-8,11-14,17-19H,5-6,9-10,15-16H2,1-4H3,(H,29,33)/b23-17-. The second-order valence-electron chi connectivity index (χ2n) is 9.48. The molecule has 1 N–H and O–H groups in total. The van der Waals surface area contributed by atoms with E-state index in [2.05, 4.69) is 5.32 Å². The average molecular weight is 555 g/mol. The maximum atomic E-state index is 13.8. The van der Waals surface area contributed by atoms with Crippen LogP contribution < -0.4 is 14.8 Å². The van der Waals surface area contributed by atoms with E-state index in [4.69, 9.17) is 9.47 Å². The summed E-state index contributed by atoms with van der Waals surface area (Å²) in [4.78, 5) is 28.9. The average Bonchev–Trinajstić information content (AvgIpc) is 3.10. The number of carbonyl (C=O) groups is 2. The van der Waals surface area contributed by atoms with E-state index < -0.39 is 16.1 Å². The fraction of sp³-hybridized carbons (Fsp3) is 0.357. The number of nitrogens with zero attached hydrogens (tertiary/aromatic N) is 3. The van der Waals surface area contributed by atoms with E-state index in [1.165, 1.54) is 44.6 Å². The Hall–Kier alpha value is -3.83. The normalized spacial score (nSPS) is 14.8. The molecule has 0 radical (unpaired) electrons. The highest BCUT2D eigenvalue weighted by Crippen LogP contribution is 2.29. The van der Waals surface area contributed by atoms with Gasteiger partial charge in [0.25, 0.3) is 11.8 Å². The van der Waals surface area contributed by atoms with E-state index in [1.807, 2.05) is 0 Å². The minimum absolute atomic E-state index is 0.0573. The summed E-state index contributed by atoms with van der Waals surface area (Å²) in [5.41, 5.74) is 1.29. The number of aromatic nitrogens is 1. The minimum Gasteiger partial charge on any atom is -0.493 e. The van der Waals surface area contributed by atoms with Crippen LogP contribution in [0.5, 0.6) is 11.5 Å². The number of rotatable bonds is 8. The molecule has 2 heterocycles. The second-order valence-corrected chi connectivity index (χ2v) is 11.5. The molecule has 4 rings (SSSR count). The predicted molar refractivity (Wildman–Crippen MR) is 150 cm³/mol. The smallest absolute Gasteiger partial charge is 0.307 e. The van der Waals surface area contributed by atoms with Gasteiger partial charge in [0, 0.05) is 49.9 Å². The predicted octanol–water partition coefficient (Wildman–Crippen LogP) is 3.49. The van der Waals surface area contributed by atoms with Crippen LogP contribution in [0.4, 0.5) is 0 Å². The molecule has 0 spiro atoms. The van der Waals surface area contributed by atoms with Gasteiger partial charge in [-0.1, -0.05) is 31.0 Å². The number of para-hydroxylation sites is 1. The lowest BCUT2D eigenvalue weighted by atomic mass is 10.1. The zero-order chi connectivity index (χ0) is 28.2. The van der Waals surface area contributed by atoms with Gasteiger partial charge in [-0.25, -0.2) is 3.97 Å². The van der Waals surface area contributed by atoms with E-state index >= 15 is 0 Å². The number of nitrogens with one attached hydrogen (secondary N) is 1. The summed E-state index contributed by atoms with van der Waals surface area (Å²) in [6.07, 6.45) is 6.85. The zero-order valence-corrected chi connectivity index (χ0v) is 23.5. The van der Waals surface area contributed by atoms with Crippen molar-refractivity contribution in [3.05, 3.63) is 65.5 Å². The molecule has 1 aliphatic heterocycles. The molecule has 1 aromatic heterocycles. The molecule has 0 saturated carbocycles. The molecule has 39 heavy (non-hydrogen) atoms. The van der Waals surface area contributed by atoms with Gasteiger partial charge < -0.3 is 19.7 Å². The van der Waals surface area contributed by atoms with Crippen molar-refractivity contribution in [1.29, 1.82) is 0 Å². The van der Waals surface area contributed by atoms with Crippen LogP contribution in [0.25, 0.3) is 17.0 Å². The third-order valence-corrected chi connectivity index (χ3v) is 8.46. The van der Waals surface area contributed by atoms with Crippen LogP contribution in [-0.4, -0.2) is 74.8 Å². The van der Waals surface area contributed by atoms with E-state index in [1.54, 1.807) is 47.4 Å². The van der Waals surface area contributed by atoms with Crippen LogP contribution in [0.2, 0.25) is 0 Å². The molecule has 0 bridgehead atoms. The van der Waals surface area contributed by atoms with Crippen LogP contribution in [-0.2, 0) is 15.0 Å². The summed E-state index contributed by atoms with van der Waals surface area (Å²) in [5.74, 6) is 0.0277. The highest BCUT2D eigenvalue weighted by atomic mass is 32.2. The topological polar surface area (TPSA) is 110 Å². The van der Waals surface area contributed by atoms with Crippen LogP contribution in [0.15, 0.2) is 54.4 Å². The summed E-state index contributed by atoms with van der Waals surface area (Å²) >= 11 is 0. The van der Waals surface area contributed by atoms with E-state index in [0.717, 1.165) is 30.0 Å². The third-order valence-electron chi connectivity index (χ3n) is 6.74. The summed E-state index contributed by atoms with van der Waals surface area (Å²) in [6, 6.07) is 11.8. The molecule has 0 atom stereocenters. The summed E-state index contributed by atoms with van der Waals surface area (Å²) in [7, 11) is 2.06. The molecule has 1 fully saturated rings. The molecule has 2 aromatic carbocycles. The molecular weight excluding hydrogens is 520 g/mol. The highest BCUT2D eigenvalue weighted by Gasteiger charge is 2.25. The molecule has 208 valence electrons. The molecule has 3 aromatic rings. The fourth-order valence-electron chi connectivity index (χ4n) is 4.58. The molecule has 0 unspecified atom stereocenters. The molecule has 11 heteroatoms. The number of hydrogen-bond donors (Lipinski definition) is 1. The second kappa shape index (κ2) is 11.9. The molecular formula is C28H34N4O6S. The number of ether oxygens (including phenoxy) is 2. The minimum atomic E-state index is -3.83. The van der Waals surface area contributed by atoms with Crippen molar-refractivity contribution in [2.75, 3.05) is 41.4 Å². The van der Waals surface area contributed by atoms with Gasteiger partial charge in [0.05, 0.1) is 19.7 Å². The summed E-state index contributed by atoms with van der Waals surface area (Å²) in [5, 5.41) is 3.42. The van der Waals surface area contributed by atoms with Crippen molar-refractivity contribution in [3.63, 3.8) is 0 Å². The first-order chi connectivity index (χ1) is 18.7. The Labute approximate surface area is 229 Å². The van der Waals surface area contributed by atoms with Crippen molar-refractivity contribution in [2.24, 2.45) is 0 Å². The van der Waals surface area contributed by atoms with Gasteiger partial charge >= 0.3 is 10.2 Å². The number of benzene rings is 2. The lowest BCUT2D eigenvalue weighted by Gasteiger charge is -2.22. The largest absolute Gasteiger partial charge is 0.493 e. The molecule has 10 nitrogen and oxygen atoms in total. The Morgan fingerprint density at radius 1 is 0.949 bits per heavy atom. The molecule has 0 aliphatic carbocycles. The van der Waals surface area contributed by atoms with Gasteiger partial charge in [-0.2, -0.15) is 12.7 Å². The molecule has 1 saturated heterocycles. The SMILES string of the molecule is COc1ccc(C(=O)N/C(=C\c2cn(S(=O)(=O)N(C)C)c3ccccc23)C(=O)N2CCCCCC2)cc1OC. The zero-order valence-electron chi connectivity index (χ0n) is 22.6. The molecule has 2 amide bonds. The lowest BCUT2D eigenvalue weighted by molar-refractivity contribution is -0.127. The maximum Gasteiger partial charge on any atom is 0.307 e. The van der Waals surface area contributed by atoms with E-state index in [-0.39, 0.29) is 17.2 Å². The quantitative estimate of drug-likeness (QED) is 0.427. The first-order valence-electron chi connectivity index (χ1n) is 12.7.